The standard InChI is InChI=1S/C38H71N3O14/c1-15-27-38(10,46)31(43)24(6)40(13)19-20(2)17-36(8,45)32(54-35-29(42)26(39(11)12)16-21(3)50-35)22(4)30(23(5)34(44)52-27)53-28-18-37(9,49-14)33(25(7)51-28)55-41(47)48/h20-33,35,42-43,45-46H,15-19H2,1-14H3/t20-,21-,22+,23-,24-,25+,26+,27-,28+,29-,30+,31-,32-,33+,35+,36-,37-,38-/m1/s1. The topological polar surface area (TPSA) is 212 Å². The van der Waals surface area contributed by atoms with Crippen LogP contribution in [0.5, 0.6) is 0 Å². The van der Waals surface area contributed by atoms with Crippen molar-refractivity contribution in [2.24, 2.45) is 17.8 Å². The Morgan fingerprint density at radius 3 is 2.16 bits per heavy atom. The molecule has 3 saturated heterocycles. The molecule has 0 aromatic heterocycles. The van der Waals surface area contributed by atoms with Crippen LogP contribution in [0.2, 0.25) is 0 Å². The van der Waals surface area contributed by atoms with Crippen molar-refractivity contribution in [3.05, 3.63) is 10.1 Å². The number of methoxy groups -OCH3 is 1. The van der Waals surface area contributed by atoms with Crippen molar-refractivity contribution in [2.45, 2.75) is 185 Å². The smallest absolute Gasteiger partial charge is 0.311 e. The van der Waals surface area contributed by atoms with Gasteiger partial charge in [0.2, 0.25) is 0 Å². The average molecular weight is 794 g/mol. The lowest BCUT2D eigenvalue weighted by Gasteiger charge is -2.49. The summed E-state index contributed by atoms with van der Waals surface area (Å²) in [5.41, 5.74) is -4.71. The van der Waals surface area contributed by atoms with Crippen LogP contribution in [-0.4, -0.2) is 166 Å². The van der Waals surface area contributed by atoms with Crippen LogP contribution in [-0.2, 0) is 38.1 Å². The summed E-state index contributed by atoms with van der Waals surface area (Å²) < 4.78 is 37.5. The fraction of sp³-hybridized carbons (Fsp3) is 0.974. The second-order valence-corrected chi connectivity index (χ2v) is 17.5. The zero-order valence-corrected chi connectivity index (χ0v) is 35.4. The second kappa shape index (κ2) is 18.9. The largest absolute Gasteiger partial charge is 0.459 e. The third-order valence-electron chi connectivity index (χ3n) is 12.4. The minimum atomic E-state index is -1.84. The SMILES string of the molecule is CC[C@H]1OC(=O)[C@H](C)[C@@H](O[C@H]2C[C@@](C)(OC)[C@@H](O[N+](=O)[O-])[C@H](C)O2)[C@H](C)[C@@H](O[C@@H]2O[C@H](C)C[C@H](N(C)C)[C@H]2O)[C@](C)(O)C[C@@H](C)CN(C)[C@H](C)[C@@H](O)[C@]1(C)O. The molecule has 3 aliphatic heterocycles. The first-order chi connectivity index (χ1) is 25.3. The molecular formula is C38H71N3O14. The maximum Gasteiger partial charge on any atom is 0.311 e. The molecule has 0 aromatic carbocycles. The van der Waals surface area contributed by atoms with E-state index < -0.39 is 101 Å². The second-order valence-electron chi connectivity index (χ2n) is 17.5. The van der Waals surface area contributed by atoms with Gasteiger partial charge in [0.25, 0.3) is 5.09 Å². The van der Waals surface area contributed by atoms with Crippen LogP contribution >= 0.6 is 0 Å². The molecule has 3 heterocycles. The van der Waals surface area contributed by atoms with Crippen LogP contribution in [0.3, 0.4) is 0 Å². The zero-order valence-electron chi connectivity index (χ0n) is 35.4. The molecule has 0 aliphatic carbocycles. The van der Waals surface area contributed by atoms with Gasteiger partial charge >= 0.3 is 5.97 Å². The number of carbonyl (C=O) groups excluding carboxylic acids is 1. The van der Waals surface area contributed by atoms with E-state index >= 15 is 0 Å². The number of esters is 1. The lowest BCUT2D eigenvalue weighted by molar-refractivity contribution is -0.776. The van der Waals surface area contributed by atoms with E-state index in [9.17, 15) is 35.3 Å². The quantitative estimate of drug-likeness (QED) is 0.150. The molecule has 0 bridgehead atoms. The molecule has 3 rings (SSSR count). The number of likely N-dealkylation sites (N-methyl/N-ethyl adjacent to an activating group) is 2. The van der Waals surface area contributed by atoms with E-state index in [1.165, 1.54) is 14.0 Å². The zero-order chi connectivity index (χ0) is 42.0. The number of hydrogen-bond acceptors (Lipinski definition) is 16. The van der Waals surface area contributed by atoms with Gasteiger partial charge in [-0.1, -0.05) is 20.8 Å². The molecule has 0 unspecified atom stereocenters. The first-order valence-electron chi connectivity index (χ1n) is 19.7. The van der Waals surface area contributed by atoms with Crippen LogP contribution in [0.1, 0.15) is 94.9 Å². The van der Waals surface area contributed by atoms with E-state index in [1.54, 1.807) is 48.5 Å². The lowest BCUT2D eigenvalue weighted by atomic mass is 9.77. The van der Waals surface area contributed by atoms with Gasteiger partial charge in [0, 0.05) is 38.1 Å². The molecule has 0 spiro atoms. The number of carbonyl (C=O) groups is 1. The van der Waals surface area contributed by atoms with E-state index in [0.717, 1.165) is 0 Å². The highest BCUT2D eigenvalue weighted by molar-refractivity contribution is 5.73. The molecule has 0 aromatic rings. The third-order valence-corrected chi connectivity index (χ3v) is 12.4. The molecule has 0 radical (unpaired) electrons. The minimum absolute atomic E-state index is 0.0362. The van der Waals surface area contributed by atoms with E-state index in [0.29, 0.717) is 13.0 Å². The fourth-order valence-electron chi connectivity index (χ4n) is 9.01. The summed E-state index contributed by atoms with van der Waals surface area (Å²) in [6, 6.07) is -0.881. The summed E-state index contributed by atoms with van der Waals surface area (Å²) >= 11 is 0. The van der Waals surface area contributed by atoms with Gasteiger partial charge in [-0.3, -0.25) is 4.79 Å². The Bertz CT molecular complexity index is 1260. The summed E-state index contributed by atoms with van der Waals surface area (Å²) in [6.45, 7) is 17.5. The van der Waals surface area contributed by atoms with Crippen molar-refractivity contribution < 1.29 is 63.6 Å². The Morgan fingerprint density at radius 1 is 1.00 bits per heavy atom. The van der Waals surface area contributed by atoms with Gasteiger partial charge in [-0.2, -0.15) is 0 Å². The number of aliphatic hydroxyl groups excluding tert-OH is 2. The Labute approximate surface area is 326 Å². The number of aliphatic hydroxyl groups is 4. The molecule has 17 nitrogen and oxygen atoms in total. The number of nitrogens with zero attached hydrogens (tertiary/aromatic N) is 3. The average Bonchev–Trinajstić information content (AvgIpc) is 3.08. The normalized spacial score (nSPS) is 47.4. The molecular weight excluding hydrogens is 722 g/mol. The lowest BCUT2D eigenvalue weighted by Crippen LogP contribution is -2.61. The molecule has 4 N–H and O–H groups in total. The van der Waals surface area contributed by atoms with Crippen molar-refractivity contribution in [3.8, 4) is 0 Å². The predicted molar refractivity (Wildman–Crippen MR) is 200 cm³/mol. The van der Waals surface area contributed by atoms with Crippen LogP contribution in [0.15, 0.2) is 0 Å². The van der Waals surface area contributed by atoms with Gasteiger partial charge in [0.15, 0.2) is 18.7 Å². The molecule has 18 atom stereocenters. The van der Waals surface area contributed by atoms with Gasteiger partial charge in [0.05, 0.1) is 41.5 Å². The van der Waals surface area contributed by atoms with Crippen molar-refractivity contribution >= 4 is 5.97 Å². The summed E-state index contributed by atoms with van der Waals surface area (Å²) in [6.07, 6.45) is -9.40. The Balaban J connectivity index is 2.18. The maximum atomic E-state index is 14.3. The number of rotatable bonds is 9. The van der Waals surface area contributed by atoms with E-state index in [-0.39, 0.29) is 37.3 Å². The number of cyclic esters (lactones) is 1. The Morgan fingerprint density at radius 2 is 1.62 bits per heavy atom. The van der Waals surface area contributed by atoms with Crippen LogP contribution < -0.4 is 0 Å². The highest BCUT2D eigenvalue weighted by Gasteiger charge is 2.53. The fourth-order valence-corrected chi connectivity index (χ4v) is 9.01. The molecule has 0 amide bonds. The van der Waals surface area contributed by atoms with Gasteiger partial charge < -0.3 is 63.5 Å². The molecule has 0 saturated carbocycles. The van der Waals surface area contributed by atoms with Crippen LogP contribution in [0, 0.1) is 27.9 Å². The monoisotopic (exact) mass is 793 g/mol. The molecule has 3 aliphatic rings. The summed E-state index contributed by atoms with van der Waals surface area (Å²) in [5, 5.41) is 57.8. The molecule has 322 valence electrons. The van der Waals surface area contributed by atoms with E-state index in [2.05, 4.69) is 0 Å². The van der Waals surface area contributed by atoms with Crippen LogP contribution in [0.25, 0.3) is 0 Å². The summed E-state index contributed by atoms with van der Waals surface area (Å²) in [4.78, 5) is 34.5. The molecule has 55 heavy (non-hydrogen) atoms. The summed E-state index contributed by atoms with van der Waals surface area (Å²) in [7, 11) is 6.94. The molecule has 17 heteroatoms. The van der Waals surface area contributed by atoms with E-state index in [1.807, 2.05) is 44.8 Å². The predicted octanol–water partition coefficient (Wildman–Crippen LogP) is 2.12. The van der Waals surface area contributed by atoms with Gasteiger partial charge in [-0.05, 0) is 94.8 Å². The van der Waals surface area contributed by atoms with Crippen molar-refractivity contribution in [3.63, 3.8) is 0 Å². The van der Waals surface area contributed by atoms with Gasteiger partial charge in [-0.15, -0.1) is 10.1 Å². The maximum absolute atomic E-state index is 14.3. The Hall–Kier alpha value is -1.77. The van der Waals surface area contributed by atoms with Gasteiger partial charge in [-0.25, -0.2) is 0 Å². The third kappa shape index (κ3) is 11.0. The van der Waals surface area contributed by atoms with E-state index in [4.69, 9.17) is 33.3 Å². The number of ether oxygens (including phenoxy) is 6. The Kier molecular flexibility index (Phi) is 16.3. The first kappa shape index (κ1) is 47.6. The molecule has 3 fully saturated rings. The van der Waals surface area contributed by atoms with Crippen LogP contribution in [0.4, 0.5) is 0 Å². The minimum Gasteiger partial charge on any atom is -0.459 e. The van der Waals surface area contributed by atoms with Crippen molar-refractivity contribution in [2.75, 3.05) is 34.8 Å². The summed E-state index contributed by atoms with van der Waals surface area (Å²) in [5.74, 6) is -2.85. The van der Waals surface area contributed by atoms with Crippen molar-refractivity contribution in [1.82, 2.24) is 9.80 Å². The van der Waals surface area contributed by atoms with Gasteiger partial charge in [0.1, 0.15) is 23.9 Å². The number of hydrogen-bond donors (Lipinski definition) is 4. The highest BCUT2D eigenvalue weighted by Crippen LogP contribution is 2.40. The highest BCUT2D eigenvalue weighted by atomic mass is 17.0. The van der Waals surface area contributed by atoms with Crippen molar-refractivity contribution in [1.29, 1.82) is 0 Å². The first-order valence-corrected chi connectivity index (χ1v) is 19.7.